The molecule has 1 aromatic heterocycles. The number of H-pyrrole nitrogens is 1. The number of nitrogens with one attached hydrogen (secondary N) is 1. The van der Waals surface area contributed by atoms with E-state index in [0.29, 0.717) is 5.69 Å². The van der Waals surface area contributed by atoms with Crippen LogP contribution < -0.4 is 10.6 Å². The standard InChI is InChI=1S/C8H8N4O2/c9-6-4-5(6)8(14)12(7(4)13)3-1-10-11-2-3/h1-2,4-6H,9H2,(H,10,11). The number of hydrogen-bond donors (Lipinski definition) is 2. The second-order valence-electron chi connectivity index (χ2n) is 3.60. The van der Waals surface area contributed by atoms with Gasteiger partial charge in [0.15, 0.2) is 0 Å². The maximum atomic E-state index is 11.6. The Labute approximate surface area is 79.1 Å². The molecule has 14 heavy (non-hydrogen) atoms. The number of imide groups is 1. The summed E-state index contributed by atoms with van der Waals surface area (Å²) >= 11 is 0. The van der Waals surface area contributed by atoms with Gasteiger partial charge in [-0.2, -0.15) is 5.10 Å². The van der Waals surface area contributed by atoms with Crippen molar-refractivity contribution < 1.29 is 9.59 Å². The van der Waals surface area contributed by atoms with Gasteiger partial charge in [-0.3, -0.25) is 14.7 Å². The maximum Gasteiger partial charge on any atom is 0.239 e. The molecular weight excluding hydrogens is 184 g/mol. The minimum Gasteiger partial charge on any atom is -0.326 e. The number of nitrogens with two attached hydrogens (primary N) is 1. The number of carbonyl (C=O) groups excluding carboxylic acids is 2. The largest absolute Gasteiger partial charge is 0.326 e. The van der Waals surface area contributed by atoms with E-state index in [1.54, 1.807) is 0 Å². The zero-order chi connectivity index (χ0) is 9.87. The number of nitrogens with zero attached hydrogens (tertiary/aromatic N) is 2. The van der Waals surface area contributed by atoms with Crippen LogP contribution in [0.3, 0.4) is 0 Å². The predicted octanol–water partition coefficient (Wildman–Crippen LogP) is -1.14. The van der Waals surface area contributed by atoms with E-state index in [2.05, 4.69) is 10.2 Å². The molecule has 1 saturated carbocycles. The van der Waals surface area contributed by atoms with Crippen molar-refractivity contribution in [2.24, 2.45) is 17.6 Å². The molecule has 0 bridgehead atoms. The van der Waals surface area contributed by atoms with Crippen LogP contribution in [-0.4, -0.2) is 28.1 Å². The van der Waals surface area contributed by atoms with Gasteiger partial charge in [-0.1, -0.05) is 0 Å². The monoisotopic (exact) mass is 192 g/mol. The highest BCUT2D eigenvalue weighted by atomic mass is 16.2. The lowest BCUT2D eigenvalue weighted by Crippen LogP contribution is -2.37. The maximum absolute atomic E-state index is 11.6. The van der Waals surface area contributed by atoms with Crippen LogP contribution in [0.1, 0.15) is 0 Å². The van der Waals surface area contributed by atoms with Gasteiger partial charge in [0.2, 0.25) is 11.8 Å². The summed E-state index contributed by atoms with van der Waals surface area (Å²) in [5, 5.41) is 6.25. The smallest absolute Gasteiger partial charge is 0.239 e. The van der Waals surface area contributed by atoms with E-state index >= 15 is 0 Å². The SMILES string of the molecule is NC1C2C(=O)N(c3cn[nH]c3)C(=O)C12. The number of rotatable bonds is 1. The van der Waals surface area contributed by atoms with Crippen molar-refractivity contribution in [3.05, 3.63) is 12.4 Å². The zero-order valence-electron chi connectivity index (χ0n) is 7.18. The molecule has 1 saturated heterocycles. The molecule has 1 aromatic rings. The molecule has 1 aliphatic carbocycles. The van der Waals surface area contributed by atoms with Crippen molar-refractivity contribution >= 4 is 17.5 Å². The van der Waals surface area contributed by atoms with Gasteiger partial charge in [0.1, 0.15) is 0 Å². The lowest BCUT2D eigenvalue weighted by atomic mass is 10.3. The lowest BCUT2D eigenvalue weighted by Gasteiger charge is -2.14. The Hall–Kier alpha value is -1.69. The van der Waals surface area contributed by atoms with Gasteiger partial charge in [0, 0.05) is 12.2 Å². The van der Waals surface area contributed by atoms with Crippen molar-refractivity contribution in [1.29, 1.82) is 0 Å². The molecular formula is C8H8N4O2. The van der Waals surface area contributed by atoms with Crippen molar-refractivity contribution in [2.45, 2.75) is 6.04 Å². The first-order valence-corrected chi connectivity index (χ1v) is 4.34. The van der Waals surface area contributed by atoms with E-state index in [1.807, 2.05) is 0 Å². The van der Waals surface area contributed by atoms with Gasteiger partial charge >= 0.3 is 0 Å². The van der Waals surface area contributed by atoms with Crippen molar-refractivity contribution in [3.63, 3.8) is 0 Å². The van der Waals surface area contributed by atoms with Crippen LogP contribution in [-0.2, 0) is 9.59 Å². The third-order valence-corrected chi connectivity index (χ3v) is 2.83. The molecule has 3 N–H and O–H groups in total. The molecule has 2 fully saturated rings. The number of hydrogen-bond acceptors (Lipinski definition) is 4. The first-order valence-electron chi connectivity index (χ1n) is 4.34. The van der Waals surface area contributed by atoms with Crippen LogP contribution in [0.5, 0.6) is 0 Å². The Morgan fingerprint density at radius 1 is 1.36 bits per heavy atom. The molecule has 2 atom stereocenters. The topological polar surface area (TPSA) is 92.1 Å². The summed E-state index contributed by atoms with van der Waals surface area (Å²) in [4.78, 5) is 24.5. The molecule has 2 aliphatic rings. The van der Waals surface area contributed by atoms with Gasteiger partial charge < -0.3 is 5.73 Å². The Kier molecular flexibility index (Phi) is 1.22. The fourth-order valence-electron chi connectivity index (χ4n) is 2.00. The lowest BCUT2D eigenvalue weighted by molar-refractivity contribution is -0.123. The third kappa shape index (κ3) is 0.717. The Bertz CT molecular complexity index is 391. The van der Waals surface area contributed by atoms with Crippen LogP contribution >= 0.6 is 0 Å². The van der Waals surface area contributed by atoms with Crippen LogP contribution in [0.4, 0.5) is 5.69 Å². The van der Waals surface area contributed by atoms with E-state index in [0.717, 1.165) is 4.90 Å². The van der Waals surface area contributed by atoms with E-state index in [1.165, 1.54) is 12.4 Å². The number of piperidine rings is 1. The van der Waals surface area contributed by atoms with Crippen LogP contribution in [0.2, 0.25) is 0 Å². The highest BCUT2D eigenvalue weighted by Gasteiger charge is 2.66. The Morgan fingerprint density at radius 3 is 2.50 bits per heavy atom. The Morgan fingerprint density at radius 2 is 2.00 bits per heavy atom. The molecule has 72 valence electrons. The molecule has 0 radical (unpaired) electrons. The molecule has 1 aliphatic heterocycles. The normalized spacial score (nSPS) is 34.9. The van der Waals surface area contributed by atoms with Crippen molar-refractivity contribution in [1.82, 2.24) is 10.2 Å². The first kappa shape index (κ1) is 7.69. The molecule has 0 aromatic carbocycles. The molecule has 2 unspecified atom stereocenters. The summed E-state index contributed by atoms with van der Waals surface area (Å²) in [6.45, 7) is 0. The average molecular weight is 192 g/mol. The van der Waals surface area contributed by atoms with E-state index in [9.17, 15) is 9.59 Å². The fourth-order valence-corrected chi connectivity index (χ4v) is 2.00. The van der Waals surface area contributed by atoms with Crippen LogP contribution in [0.25, 0.3) is 0 Å². The molecule has 6 nitrogen and oxygen atoms in total. The van der Waals surface area contributed by atoms with Gasteiger partial charge in [0.05, 0.1) is 23.7 Å². The van der Waals surface area contributed by atoms with Crippen molar-refractivity contribution in [3.8, 4) is 0 Å². The van der Waals surface area contributed by atoms with E-state index in [-0.39, 0.29) is 29.7 Å². The molecule has 0 spiro atoms. The second-order valence-corrected chi connectivity index (χ2v) is 3.60. The summed E-state index contributed by atoms with van der Waals surface area (Å²) in [5.74, 6) is -0.988. The fraction of sp³-hybridized carbons (Fsp3) is 0.375. The Balaban J connectivity index is 1.98. The number of fused-ring (bicyclic) bond motifs is 1. The number of aromatic amines is 1. The highest BCUT2D eigenvalue weighted by Crippen LogP contribution is 2.47. The van der Waals surface area contributed by atoms with Gasteiger partial charge in [-0.05, 0) is 0 Å². The number of amides is 2. The van der Waals surface area contributed by atoms with E-state index in [4.69, 9.17) is 5.73 Å². The summed E-state index contributed by atoms with van der Waals surface area (Å²) in [6, 6.07) is -0.266. The number of aromatic nitrogens is 2. The molecule has 6 heteroatoms. The molecule has 2 amide bonds. The van der Waals surface area contributed by atoms with Gasteiger partial charge in [-0.25, -0.2) is 4.90 Å². The minimum absolute atomic E-state index is 0.200. The summed E-state index contributed by atoms with van der Waals surface area (Å²) < 4.78 is 0. The average Bonchev–Trinajstić information content (AvgIpc) is 2.55. The van der Waals surface area contributed by atoms with Crippen molar-refractivity contribution in [2.75, 3.05) is 4.90 Å². The molecule has 3 rings (SSSR count). The molecule has 2 heterocycles. The second kappa shape index (κ2) is 2.21. The van der Waals surface area contributed by atoms with E-state index < -0.39 is 0 Å². The predicted molar refractivity (Wildman–Crippen MR) is 46.0 cm³/mol. The summed E-state index contributed by atoms with van der Waals surface area (Å²) in [7, 11) is 0. The third-order valence-electron chi connectivity index (χ3n) is 2.83. The van der Waals surface area contributed by atoms with Gasteiger partial charge in [-0.15, -0.1) is 0 Å². The summed E-state index contributed by atoms with van der Waals surface area (Å²) in [6.07, 6.45) is 2.97. The highest BCUT2D eigenvalue weighted by molar-refractivity contribution is 6.25. The quantitative estimate of drug-likeness (QED) is 0.550. The number of anilines is 1. The minimum atomic E-state index is -0.294. The summed E-state index contributed by atoms with van der Waals surface area (Å²) in [5.41, 5.74) is 6.08. The van der Waals surface area contributed by atoms with Crippen LogP contribution in [0.15, 0.2) is 12.4 Å². The van der Waals surface area contributed by atoms with Gasteiger partial charge in [0.25, 0.3) is 0 Å². The number of carbonyl (C=O) groups is 2. The first-order chi connectivity index (χ1) is 6.72. The van der Waals surface area contributed by atoms with Crippen LogP contribution in [0, 0.1) is 11.8 Å². The zero-order valence-corrected chi connectivity index (χ0v) is 7.18.